The van der Waals surface area contributed by atoms with Gasteiger partial charge in [0, 0.05) is 18.5 Å². The number of Topliss-reactive ketones (excluding diaryl/α,β-unsaturated/α-hetero) is 1. The number of rotatable bonds is 2. The third-order valence-corrected chi connectivity index (χ3v) is 3.62. The molecule has 1 atom stereocenters. The van der Waals surface area contributed by atoms with E-state index in [2.05, 4.69) is 0 Å². The number of ketones is 1. The van der Waals surface area contributed by atoms with E-state index in [0.717, 1.165) is 25.9 Å². The topological polar surface area (TPSA) is 46.6 Å². The Morgan fingerprint density at radius 3 is 2.56 bits per heavy atom. The van der Waals surface area contributed by atoms with Crippen LogP contribution in [0.2, 0.25) is 0 Å². The molecule has 3 fully saturated rings. The highest BCUT2D eigenvalue weighted by molar-refractivity contribution is 6.06. The minimum atomic E-state index is -0.627. The molecule has 0 radical (unpaired) electrons. The van der Waals surface area contributed by atoms with E-state index in [1.807, 2.05) is 11.8 Å². The van der Waals surface area contributed by atoms with Crippen molar-refractivity contribution in [1.82, 2.24) is 4.90 Å². The van der Waals surface area contributed by atoms with E-state index >= 15 is 0 Å². The van der Waals surface area contributed by atoms with Crippen LogP contribution in [0, 0.1) is 5.41 Å². The molecule has 1 unspecified atom stereocenters. The highest BCUT2D eigenvalue weighted by Crippen LogP contribution is 2.40. The highest BCUT2D eigenvalue weighted by atomic mass is 35.5. The third kappa shape index (κ3) is 1.96. The number of halogens is 1. The average Bonchev–Trinajstić information content (AvgIpc) is 2.20. The maximum absolute atomic E-state index is 12.1. The zero-order valence-electron chi connectivity index (χ0n) is 9.69. The molecule has 0 aromatic carbocycles. The molecule has 0 aromatic heterocycles. The lowest BCUT2D eigenvalue weighted by atomic mass is 9.69. The van der Waals surface area contributed by atoms with Crippen molar-refractivity contribution in [3.63, 3.8) is 0 Å². The van der Waals surface area contributed by atoms with Crippen molar-refractivity contribution < 1.29 is 14.3 Å². The van der Waals surface area contributed by atoms with E-state index < -0.39 is 6.04 Å². The summed E-state index contributed by atoms with van der Waals surface area (Å²) >= 11 is 0. The van der Waals surface area contributed by atoms with Crippen LogP contribution < -0.4 is 0 Å². The van der Waals surface area contributed by atoms with Crippen LogP contribution in [-0.2, 0) is 14.3 Å². The van der Waals surface area contributed by atoms with Crippen molar-refractivity contribution >= 4 is 24.2 Å². The molecule has 3 aliphatic heterocycles. The fourth-order valence-electron chi connectivity index (χ4n) is 2.50. The molecule has 92 valence electrons. The van der Waals surface area contributed by atoms with Gasteiger partial charge in [0.25, 0.3) is 0 Å². The van der Waals surface area contributed by atoms with Gasteiger partial charge in [-0.25, -0.2) is 4.79 Å². The molecule has 16 heavy (non-hydrogen) atoms. The largest absolute Gasteiger partial charge is 0.464 e. The summed E-state index contributed by atoms with van der Waals surface area (Å²) in [6.07, 6.45) is 1.75. The molecule has 2 bridgehead atoms. The zero-order valence-corrected chi connectivity index (χ0v) is 10.5. The number of carbonyl (C=O) groups is 2. The zero-order chi connectivity index (χ0) is 11.1. The van der Waals surface area contributed by atoms with E-state index in [1.54, 1.807) is 6.92 Å². The van der Waals surface area contributed by atoms with E-state index in [0.29, 0.717) is 6.61 Å². The van der Waals surface area contributed by atoms with Gasteiger partial charge in [-0.1, -0.05) is 6.92 Å². The van der Waals surface area contributed by atoms with Gasteiger partial charge in [0.05, 0.1) is 6.61 Å². The minimum Gasteiger partial charge on any atom is -0.464 e. The van der Waals surface area contributed by atoms with Gasteiger partial charge in [-0.2, -0.15) is 0 Å². The second-order valence-electron chi connectivity index (χ2n) is 4.62. The molecule has 0 N–H and O–H groups in total. The summed E-state index contributed by atoms with van der Waals surface area (Å²) in [6, 6.07) is -0.627. The average molecular weight is 248 g/mol. The lowest BCUT2D eigenvalue weighted by molar-refractivity contribution is -0.164. The number of hydrogen-bond donors (Lipinski definition) is 0. The number of fused-ring (bicyclic) bond motifs is 3. The maximum Gasteiger partial charge on any atom is 0.331 e. The lowest BCUT2D eigenvalue weighted by Crippen LogP contribution is -2.63. The van der Waals surface area contributed by atoms with Crippen LogP contribution in [0.5, 0.6) is 0 Å². The van der Waals surface area contributed by atoms with Gasteiger partial charge in [0.1, 0.15) is 0 Å². The summed E-state index contributed by atoms with van der Waals surface area (Å²) in [6.45, 7) is 5.75. The SMILES string of the molecule is CCOC(=O)C1C(=O)C2(C)CCN1CC2.Cl. The van der Waals surface area contributed by atoms with Crippen molar-refractivity contribution in [3.8, 4) is 0 Å². The van der Waals surface area contributed by atoms with Gasteiger partial charge in [-0.05, 0) is 19.8 Å². The molecule has 0 aliphatic carbocycles. The van der Waals surface area contributed by atoms with Crippen molar-refractivity contribution in [3.05, 3.63) is 0 Å². The van der Waals surface area contributed by atoms with Gasteiger partial charge in [0.15, 0.2) is 11.8 Å². The molecule has 5 heteroatoms. The summed E-state index contributed by atoms with van der Waals surface area (Å²) in [5, 5.41) is 0. The van der Waals surface area contributed by atoms with E-state index in [4.69, 9.17) is 4.74 Å². The van der Waals surface area contributed by atoms with Crippen molar-refractivity contribution in [1.29, 1.82) is 0 Å². The molecule has 3 heterocycles. The Kier molecular flexibility index (Phi) is 3.97. The molecule has 3 saturated heterocycles. The summed E-state index contributed by atoms with van der Waals surface area (Å²) in [5.74, 6) is -0.313. The molecular weight excluding hydrogens is 230 g/mol. The van der Waals surface area contributed by atoms with Crippen LogP contribution >= 0.6 is 12.4 Å². The highest BCUT2D eigenvalue weighted by Gasteiger charge is 2.52. The molecule has 4 nitrogen and oxygen atoms in total. The first-order chi connectivity index (χ1) is 7.08. The summed E-state index contributed by atoms with van der Waals surface area (Å²) in [4.78, 5) is 25.7. The van der Waals surface area contributed by atoms with Crippen LogP contribution in [0.1, 0.15) is 26.7 Å². The standard InChI is InChI=1S/C11H17NO3.ClH/c1-3-15-10(14)8-9(13)11(2)4-6-12(8)7-5-11;/h8H,3-7H2,1-2H3;1H. The third-order valence-electron chi connectivity index (χ3n) is 3.62. The Morgan fingerprint density at radius 2 is 2.06 bits per heavy atom. The number of piperidine rings is 3. The predicted molar refractivity (Wildman–Crippen MR) is 61.6 cm³/mol. The molecule has 3 aliphatic rings. The van der Waals surface area contributed by atoms with E-state index in [9.17, 15) is 9.59 Å². The van der Waals surface area contributed by atoms with Gasteiger partial charge < -0.3 is 4.74 Å². The number of ether oxygens (including phenoxy) is 1. The van der Waals surface area contributed by atoms with Gasteiger partial charge in [-0.3, -0.25) is 9.69 Å². The number of hydrogen-bond acceptors (Lipinski definition) is 4. The van der Waals surface area contributed by atoms with Crippen LogP contribution in [0.25, 0.3) is 0 Å². The van der Waals surface area contributed by atoms with E-state index in [-0.39, 0.29) is 29.6 Å². The molecular formula is C11H18ClNO3. The van der Waals surface area contributed by atoms with Crippen LogP contribution in [0.15, 0.2) is 0 Å². The van der Waals surface area contributed by atoms with Gasteiger partial charge in [0.2, 0.25) is 0 Å². The fraction of sp³-hybridized carbons (Fsp3) is 0.818. The molecule has 0 aromatic rings. The first-order valence-corrected chi connectivity index (χ1v) is 5.53. The molecule has 0 amide bonds. The van der Waals surface area contributed by atoms with Gasteiger partial charge in [-0.15, -0.1) is 12.4 Å². The molecule has 3 rings (SSSR count). The Hall–Kier alpha value is -0.610. The molecule has 0 spiro atoms. The Balaban J connectivity index is 0.00000128. The minimum absolute atomic E-state index is 0. The Bertz CT molecular complexity index is 298. The number of nitrogens with zero attached hydrogens (tertiary/aromatic N) is 1. The quantitative estimate of drug-likeness (QED) is 0.540. The predicted octanol–water partition coefficient (Wildman–Crippen LogP) is 1.02. The Morgan fingerprint density at radius 1 is 1.50 bits per heavy atom. The van der Waals surface area contributed by atoms with Crippen molar-refractivity contribution in [2.24, 2.45) is 5.41 Å². The maximum atomic E-state index is 12.1. The Labute approximate surface area is 102 Å². The smallest absolute Gasteiger partial charge is 0.331 e. The van der Waals surface area contributed by atoms with Crippen LogP contribution in [-0.4, -0.2) is 42.4 Å². The van der Waals surface area contributed by atoms with Crippen LogP contribution in [0.3, 0.4) is 0 Å². The van der Waals surface area contributed by atoms with Gasteiger partial charge >= 0.3 is 5.97 Å². The number of carbonyl (C=O) groups excluding carboxylic acids is 2. The first-order valence-electron chi connectivity index (χ1n) is 5.53. The van der Waals surface area contributed by atoms with Crippen molar-refractivity contribution in [2.75, 3.05) is 19.7 Å². The van der Waals surface area contributed by atoms with Crippen molar-refractivity contribution in [2.45, 2.75) is 32.7 Å². The number of esters is 1. The second kappa shape index (κ2) is 4.72. The summed E-state index contributed by atoms with van der Waals surface area (Å²) in [5.41, 5.74) is -0.286. The summed E-state index contributed by atoms with van der Waals surface area (Å²) in [7, 11) is 0. The lowest BCUT2D eigenvalue weighted by Gasteiger charge is -2.48. The monoisotopic (exact) mass is 247 g/mol. The van der Waals surface area contributed by atoms with E-state index in [1.165, 1.54) is 0 Å². The normalized spacial score (nSPS) is 36.8. The van der Waals surface area contributed by atoms with Crippen LogP contribution in [0.4, 0.5) is 0 Å². The first kappa shape index (κ1) is 13.5. The second-order valence-corrected chi connectivity index (χ2v) is 4.62. The summed E-state index contributed by atoms with van der Waals surface area (Å²) < 4.78 is 4.95. The molecule has 0 saturated carbocycles. The fourth-order valence-corrected chi connectivity index (χ4v) is 2.50.